The van der Waals surface area contributed by atoms with Gasteiger partial charge >= 0.3 is 0 Å². The molecule has 0 bridgehead atoms. The summed E-state index contributed by atoms with van der Waals surface area (Å²) in [7, 11) is -7.01. The number of nitrogens with one attached hydrogen (secondary N) is 1. The Morgan fingerprint density at radius 1 is 0.912 bits per heavy atom. The van der Waals surface area contributed by atoms with Crippen LogP contribution in [0.25, 0.3) is 0 Å². The lowest BCUT2D eigenvalue weighted by molar-refractivity contribution is -0.123. The molecule has 11 heteroatoms. The molecule has 1 amide bonds. The van der Waals surface area contributed by atoms with Crippen LogP contribution in [0.5, 0.6) is 5.75 Å². The van der Waals surface area contributed by atoms with Crippen LogP contribution in [-0.2, 0) is 31.4 Å². The van der Waals surface area contributed by atoms with Crippen LogP contribution in [0.3, 0.4) is 0 Å². The second kappa shape index (κ2) is 11.3. The lowest BCUT2D eigenvalue weighted by Crippen LogP contribution is -2.30. The van der Waals surface area contributed by atoms with E-state index in [0.29, 0.717) is 31.9 Å². The Bertz CT molecular complexity index is 1090. The molecule has 0 atom stereocenters. The molecule has 3 rings (SSSR count). The summed E-state index contributed by atoms with van der Waals surface area (Å²) in [6, 6.07) is 12.4. The third kappa shape index (κ3) is 6.15. The van der Waals surface area contributed by atoms with Crippen LogP contribution in [-0.4, -0.2) is 64.1 Å². The van der Waals surface area contributed by atoms with Gasteiger partial charge in [0.15, 0.2) is 6.61 Å². The van der Waals surface area contributed by atoms with Crippen molar-refractivity contribution in [2.75, 3.05) is 32.8 Å². The molecule has 0 radical (unpaired) electrons. The standard InChI is InChI=1S/C23H31N3O6S2/c1-3-25(4-2)33(28,29)22-13-9-20(10-14-22)32-18-23(27)24-17-19-7-11-21(12-8-19)34(30,31)26-15-5-6-16-26/h7-14H,3-6,15-18H2,1-2H3,(H,24,27). The fraction of sp³-hybridized carbons (Fsp3) is 0.435. The Hall–Kier alpha value is -2.47. The van der Waals surface area contributed by atoms with E-state index in [1.807, 2.05) is 0 Å². The maximum absolute atomic E-state index is 12.6. The summed E-state index contributed by atoms with van der Waals surface area (Å²) in [5, 5.41) is 2.72. The first-order chi connectivity index (χ1) is 16.2. The molecule has 0 unspecified atom stereocenters. The van der Waals surface area contributed by atoms with Crippen molar-refractivity contribution in [3.05, 3.63) is 54.1 Å². The number of carbonyl (C=O) groups excluding carboxylic acids is 1. The zero-order chi connectivity index (χ0) is 24.8. The molecule has 9 nitrogen and oxygen atoms in total. The van der Waals surface area contributed by atoms with Crippen molar-refractivity contribution in [2.24, 2.45) is 0 Å². The SMILES string of the molecule is CCN(CC)S(=O)(=O)c1ccc(OCC(=O)NCc2ccc(S(=O)(=O)N3CCCC3)cc2)cc1. The third-order valence-electron chi connectivity index (χ3n) is 5.65. The van der Waals surface area contributed by atoms with E-state index in [1.54, 1.807) is 38.1 Å². The van der Waals surface area contributed by atoms with E-state index in [2.05, 4.69) is 5.32 Å². The van der Waals surface area contributed by atoms with Crippen LogP contribution in [0.1, 0.15) is 32.3 Å². The van der Waals surface area contributed by atoms with E-state index in [1.165, 1.54) is 32.9 Å². The van der Waals surface area contributed by atoms with Gasteiger partial charge < -0.3 is 10.1 Å². The Morgan fingerprint density at radius 3 is 2.03 bits per heavy atom. The molecule has 2 aromatic carbocycles. The fourth-order valence-corrected chi connectivity index (χ4v) is 6.65. The molecule has 0 saturated carbocycles. The molecule has 0 spiro atoms. The molecule has 1 aliphatic heterocycles. The summed E-state index contributed by atoms with van der Waals surface area (Å²) in [4.78, 5) is 12.6. The molecule has 1 saturated heterocycles. The molecule has 1 N–H and O–H groups in total. The molecular formula is C23H31N3O6S2. The lowest BCUT2D eigenvalue weighted by atomic mass is 10.2. The van der Waals surface area contributed by atoms with Gasteiger partial charge in [-0.1, -0.05) is 26.0 Å². The number of rotatable bonds is 11. The highest BCUT2D eigenvalue weighted by Crippen LogP contribution is 2.21. The van der Waals surface area contributed by atoms with Gasteiger partial charge in [-0.15, -0.1) is 0 Å². The van der Waals surface area contributed by atoms with E-state index in [0.717, 1.165) is 18.4 Å². The number of hydrogen-bond donors (Lipinski definition) is 1. The van der Waals surface area contributed by atoms with Crippen LogP contribution in [0.2, 0.25) is 0 Å². The van der Waals surface area contributed by atoms with Gasteiger partial charge in [-0.2, -0.15) is 8.61 Å². The van der Waals surface area contributed by atoms with Crippen molar-refractivity contribution in [3.8, 4) is 5.75 Å². The second-order valence-electron chi connectivity index (χ2n) is 7.88. The van der Waals surface area contributed by atoms with Crippen LogP contribution in [0.15, 0.2) is 58.3 Å². The Kier molecular flexibility index (Phi) is 8.69. The Morgan fingerprint density at radius 2 is 1.47 bits per heavy atom. The molecule has 2 aromatic rings. The first kappa shape index (κ1) is 26.1. The van der Waals surface area contributed by atoms with Crippen molar-refractivity contribution in [2.45, 2.75) is 43.0 Å². The van der Waals surface area contributed by atoms with Crippen LogP contribution in [0, 0.1) is 0 Å². The Balaban J connectivity index is 1.49. The number of amides is 1. The monoisotopic (exact) mass is 509 g/mol. The van der Waals surface area contributed by atoms with Gasteiger partial charge in [0.05, 0.1) is 9.79 Å². The summed E-state index contributed by atoms with van der Waals surface area (Å²) in [5.41, 5.74) is 0.764. The number of carbonyl (C=O) groups is 1. The van der Waals surface area contributed by atoms with Gasteiger partial charge in [0.2, 0.25) is 20.0 Å². The summed E-state index contributed by atoms with van der Waals surface area (Å²) in [6.45, 7) is 5.42. The average molecular weight is 510 g/mol. The first-order valence-corrected chi connectivity index (χ1v) is 14.1. The second-order valence-corrected chi connectivity index (χ2v) is 11.8. The number of benzene rings is 2. The maximum atomic E-state index is 12.6. The summed E-state index contributed by atoms with van der Waals surface area (Å²) >= 11 is 0. The van der Waals surface area contributed by atoms with E-state index < -0.39 is 20.0 Å². The van der Waals surface area contributed by atoms with Crippen molar-refractivity contribution >= 4 is 26.0 Å². The minimum atomic E-state index is -3.55. The highest BCUT2D eigenvalue weighted by Gasteiger charge is 2.27. The molecule has 186 valence electrons. The van der Waals surface area contributed by atoms with Crippen LogP contribution >= 0.6 is 0 Å². The third-order valence-corrected chi connectivity index (χ3v) is 9.63. The molecule has 1 heterocycles. The van der Waals surface area contributed by atoms with Gasteiger partial charge in [0.1, 0.15) is 5.75 Å². The van der Waals surface area contributed by atoms with Gasteiger partial charge in [-0.3, -0.25) is 4.79 Å². The summed E-state index contributed by atoms with van der Waals surface area (Å²) in [6.07, 6.45) is 1.76. The predicted octanol–water partition coefficient (Wildman–Crippen LogP) is 2.20. The number of nitrogens with zero attached hydrogens (tertiary/aromatic N) is 2. The highest BCUT2D eigenvalue weighted by molar-refractivity contribution is 7.89. The minimum Gasteiger partial charge on any atom is -0.484 e. The normalized spacial score (nSPS) is 14.9. The van der Waals surface area contributed by atoms with Crippen molar-refractivity contribution in [1.29, 1.82) is 0 Å². The maximum Gasteiger partial charge on any atom is 0.258 e. The summed E-state index contributed by atoms with van der Waals surface area (Å²) in [5.74, 6) is 0.0266. The largest absolute Gasteiger partial charge is 0.484 e. The molecular weight excluding hydrogens is 478 g/mol. The number of sulfonamides is 2. The van der Waals surface area contributed by atoms with Gasteiger partial charge in [-0.05, 0) is 54.8 Å². The Labute approximate surface area is 201 Å². The molecule has 0 aromatic heterocycles. The lowest BCUT2D eigenvalue weighted by Gasteiger charge is -2.18. The zero-order valence-electron chi connectivity index (χ0n) is 19.4. The van der Waals surface area contributed by atoms with Gasteiger partial charge in [-0.25, -0.2) is 16.8 Å². The molecule has 1 fully saturated rings. The average Bonchev–Trinajstić information content (AvgIpc) is 3.39. The van der Waals surface area contributed by atoms with Gasteiger partial charge in [0, 0.05) is 32.7 Å². The molecule has 0 aliphatic carbocycles. The summed E-state index contributed by atoms with van der Waals surface area (Å²) < 4.78 is 58.5. The fourth-order valence-electron chi connectivity index (χ4n) is 3.68. The number of hydrogen-bond acceptors (Lipinski definition) is 6. The topological polar surface area (TPSA) is 113 Å². The molecule has 1 aliphatic rings. The van der Waals surface area contributed by atoms with Crippen LogP contribution < -0.4 is 10.1 Å². The van der Waals surface area contributed by atoms with E-state index in [-0.39, 0.29) is 28.8 Å². The minimum absolute atomic E-state index is 0.170. The quantitative estimate of drug-likeness (QED) is 0.497. The first-order valence-electron chi connectivity index (χ1n) is 11.3. The highest BCUT2D eigenvalue weighted by atomic mass is 32.2. The zero-order valence-corrected chi connectivity index (χ0v) is 21.1. The van der Waals surface area contributed by atoms with E-state index in [9.17, 15) is 21.6 Å². The molecule has 34 heavy (non-hydrogen) atoms. The van der Waals surface area contributed by atoms with Crippen LogP contribution in [0.4, 0.5) is 0 Å². The van der Waals surface area contributed by atoms with Gasteiger partial charge in [0.25, 0.3) is 5.91 Å². The van der Waals surface area contributed by atoms with Crippen molar-refractivity contribution < 1.29 is 26.4 Å². The predicted molar refractivity (Wildman–Crippen MR) is 128 cm³/mol. The van der Waals surface area contributed by atoms with Crippen molar-refractivity contribution in [3.63, 3.8) is 0 Å². The smallest absolute Gasteiger partial charge is 0.258 e. The van der Waals surface area contributed by atoms with E-state index >= 15 is 0 Å². The number of ether oxygens (including phenoxy) is 1. The van der Waals surface area contributed by atoms with Crippen molar-refractivity contribution in [1.82, 2.24) is 13.9 Å². The van der Waals surface area contributed by atoms with E-state index in [4.69, 9.17) is 4.74 Å².